The molecule has 0 saturated heterocycles. The second-order valence-corrected chi connectivity index (χ2v) is 3.92. The number of aromatic nitrogens is 4. The number of carboxylic acid groups (broad SMARTS) is 1. The van der Waals surface area contributed by atoms with Gasteiger partial charge in [-0.05, 0) is 6.92 Å². The third kappa shape index (κ3) is 1.46. The van der Waals surface area contributed by atoms with Crippen molar-refractivity contribution < 1.29 is 9.90 Å². The number of benzene rings is 1. The Morgan fingerprint density at radius 2 is 2.00 bits per heavy atom. The Morgan fingerprint density at radius 3 is 2.67 bits per heavy atom. The summed E-state index contributed by atoms with van der Waals surface area (Å²) < 4.78 is 1.39. The maximum absolute atomic E-state index is 11.1. The molecule has 3 rings (SSSR count). The van der Waals surface area contributed by atoms with Crippen molar-refractivity contribution >= 4 is 11.7 Å². The van der Waals surface area contributed by atoms with E-state index in [1.54, 1.807) is 6.92 Å². The monoisotopic (exact) mass is 242 g/mol. The Kier molecular flexibility index (Phi) is 2.16. The van der Waals surface area contributed by atoms with E-state index in [1.165, 1.54) is 4.52 Å². The van der Waals surface area contributed by atoms with Crippen molar-refractivity contribution in [2.24, 2.45) is 0 Å². The summed E-state index contributed by atoms with van der Waals surface area (Å²) in [4.78, 5) is 19.5. The number of nitrogens with one attached hydrogen (secondary N) is 1. The summed E-state index contributed by atoms with van der Waals surface area (Å²) in [6.45, 7) is 1.65. The third-order valence-electron chi connectivity index (χ3n) is 2.71. The van der Waals surface area contributed by atoms with E-state index in [-0.39, 0.29) is 5.69 Å². The molecule has 0 atom stereocenters. The van der Waals surface area contributed by atoms with E-state index >= 15 is 0 Å². The zero-order valence-electron chi connectivity index (χ0n) is 9.58. The van der Waals surface area contributed by atoms with E-state index in [1.807, 2.05) is 30.3 Å². The molecule has 2 aromatic heterocycles. The smallest absolute Gasteiger partial charge is 0.356 e. The fraction of sp³-hybridized carbons (Fsp3) is 0.0833. The van der Waals surface area contributed by atoms with Crippen molar-refractivity contribution in [2.45, 2.75) is 6.92 Å². The summed E-state index contributed by atoms with van der Waals surface area (Å²) in [6.07, 6.45) is 0. The van der Waals surface area contributed by atoms with Gasteiger partial charge in [0.05, 0.1) is 5.69 Å². The lowest BCUT2D eigenvalue weighted by atomic mass is 10.2. The van der Waals surface area contributed by atoms with Crippen molar-refractivity contribution in [3.63, 3.8) is 0 Å². The lowest BCUT2D eigenvalue weighted by molar-refractivity contribution is 0.0687. The number of H-pyrrole nitrogens is 1. The molecule has 6 heteroatoms. The first-order valence-corrected chi connectivity index (χ1v) is 5.40. The molecular weight excluding hydrogens is 232 g/mol. The average molecular weight is 242 g/mol. The summed E-state index contributed by atoms with van der Waals surface area (Å²) in [5.41, 5.74) is 1.44. The molecule has 0 aliphatic rings. The Balaban J connectivity index is 2.21. The summed E-state index contributed by atoms with van der Waals surface area (Å²) in [7, 11) is 0. The highest BCUT2D eigenvalue weighted by Gasteiger charge is 2.18. The molecule has 0 bridgehead atoms. The van der Waals surface area contributed by atoms with Crippen LogP contribution in [0.5, 0.6) is 0 Å². The first-order chi connectivity index (χ1) is 8.66. The molecule has 0 fully saturated rings. The Hall–Kier alpha value is -2.63. The molecule has 90 valence electrons. The molecule has 0 radical (unpaired) electrons. The van der Waals surface area contributed by atoms with E-state index in [2.05, 4.69) is 15.1 Å². The van der Waals surface area contributed by atoms with Crippen LogP contribution in [0, 0.1) is 6.92 Å². The van der Waals surface area contributed by atoms with Crippen LogP contribution in [0.3, 0.4) is 0 Å². The number of imidazole rings is 1. The van der Waals surface area contributed by atoms with Crippen molar-refractivity contribution in [2.75, 3.05) is 0 Å². The molecule has 0 aliphatic heterocycles. The first-order valence-electron chi connectivity index (χ1n) is 5.40. The zero-order valence-corrected chi connectivity index (χ0v) is 9.58. The molecule has 0 amide bonds. The van der Waals surface area contributed by atoms with Gasteiger partial charge in [-0.25, -0.2) is 14.3 Å². The number of aryl methyl sites for hydroxylation is 1. The predicted octanol–water partition coefficient (Wildman–Crippen LogP) is 1.73. The average Bonchev–Trinajstić information content (AvgIpc) is 2.85. The lowest BCUT2D eigenvalue weighted by Crippen LogP contribution is -2.04. The molecule has 2 N–H and O–H groups in total. The standard InChI is InChI=1S/C12H10N4O2/c1-7-9(11(17)18)16-12(13-7)14-10(15-16)8-5-3-2-4-6-8/h2-6H,1H3,(H,17,18)(H,13,14,15). The van der Waals surface area contributed by atoms with Gasteiger partial charge >= 0.3 is 5.97 Å². The molecule has 0 unspecified atom stereocenters. The number of nitrogens with zero attached hydrogens (tertiary/aromatic N) is 3. The highest BCUT2D eigenvalue weighted by Crippen LogP contribution is 2.17. The van der Waals surface area contributed by atoms with Crippen LogP contribution in [0.4, 0.5) is 0 Å². The highest BCUT2D eigenvalue weighted by atomic mass is 16.4. The van der Waals surface area contributed by atoms with Gasteiger partial charge in [-0.3, -0.25) is 5.10 Å². The third-order valence-corrected chi connectivity index (χ3v) is 2.71. The number of hydrogen-bond donors (Lipinski definition) is 2. The molecule has 6 nitrogen and oxygen atoms in total. The topological polar surface area (TPSA) is 83.3 Å². The number of aromatic carboxylic acids is 1. The molecule has 0 saturated carbocycles. The van der Waals surface area contributed by atoms with Crippen LogP contribution in [0.2, 0.25) is 0 Å². The summed E-state index contributed by atoms with van der Waals surface area (Å²) >= 11 is 0. The van der Waals surface area contributed by atoms with Crippen molar-refractivity contribution in [3.8, 4) is 11.4 Å². The van der Waals surface area contributed by atoms with Crippen LogP contribution in [-0.2, 0) is 0 Å². The van der Waals surface area contributed by atoms with Gasteiger partial charge in [0.2, 0.25) is 0 Å². The number of rotatable bonds is 2. The molecule has 0 spiro atoms. The molecule has 18 heavy (non-hydrogen) atoms. The maximum atomic E-state index is 11.1. The fourth-order valence-electron chi connectivity index (χ4n) is 1.90. The lowest BCUT2D eigenvalue weighted by Gasteiger charge is -1.95. The molecular formula is C12H10N4O2. The Morgan fingerprint density at radius 1 is 1.28 bits per heavy atom. The number of carbonyl (C=O) groups is 1. The van der Waals surface area contributed by atoms with E-state index in [9.17, 15) is 4.79 Å². The van der Waals surface area contributed by atoms with Crippen molar-refractivity contribution in [1.29, 1.82) is 0 Å². The minimum Gasteiger partial charge on any atom is -0.476 e. The van der Waals surface area contributed by atoms with Gasteiger partial charge in [0.15, 0.2) is 11.5 Å². The second kappa shape index (κ2) is 3.69. The summed E-state index contributed by atoms with van der Waals surface area (Å²) in [6, 6.07) is 9.48. The predicted molar refractivity (Wildman–Crippen MR) is 64.5 cm³/mol. The SMILES string of the molecule is Cc1nc2nc(-c3ccccc3)[nH]n2c1C(=O)O. The van der Waals surface area contributed by atoms with Crippen molar-refractivity contribution in [1.82, 2.24) is 19.6 Å². The maximum Gasteiger partial charge on any atom is 0.356 e. The number of fused-ring (bicyclic) bond motifs is 1. The molecule has 2 heterocycles. The van der Waals surface area contributed by atoms with Crippen LogP contribution >= 0.6 is 0 Å². The number of aromatic amines is 1. The number of hydrogen-bond acceptors (Lipinski definition) is 3. The molecule has 3 aromatic rings. The van der Waals surface area contributed by atoms with Crippen LogP contribution in [0.1, 0.15) is 16.2 Å². The van der Waals surface area contributed by atoms with Crippen LogP contribution in [-0.4, -0.2) is 30.7 Å². The molecule has 0 aliphatic carbocycles. The normalized spacial score (nSPS) is 10.9. The largest absolute Gasteiger partial charge is 0.476 e. The van der Waals surface area contributed by atoms with Gasteiger partial charge in [-0.1, -0.05) is 30.3 Å². The van der Waals surface area contributed by atoms with Crippen LogP contribution < -0.4 is 0 Å². The first kappa shape index (κ1) is 10.5. The van der Waals surface area contributed by atoms with E-state index < -0.39 is 5.97 Å². The zero-order chi connectivity index (χ0) is 12.7. The van der Waals surface area contributed by atoms with Crippen LogP contribution in [0.15, 0.2) is 30.3 Å². The van der Waals surface area contributed by atoms with Gasteiger partial charge in [0.25, 0.3) is 5.78 Å². The quantitative estimate of drug-likeness (QED) is 0.716. The minimum atomic E-state index is -1.02. The fourth-order valence-corrected chi connectivity index (χ4v) is 1.90. The second-order valence-electron chi connectivity index (χ2n) is 3.92. The van der Waals surface area contributed by atoms with E-state index in [0.29, 0.717) is 17.3 Å². The minimum absolute atomic E-state index is 0.111. The number of carboxylic acids is 1. The molecule has 1 aromatic carbocycles. The van der Waals surface area contributed by atoms with Gasteiger partial charge in [0.1, 0.15) is 0 Å². The van der Waals surface area contributed by atoms with E-state index in [4.69, 9.17) is 5.11 Å². The highest BCUT2D eigenvalue weighted by molar-refractivity contribution is 5.88. The van der Waals surface area contributed by atoms with Crippen molar-refractivity contribution in [3.05, 3.63) is 41.7 Å². The van der Waals surface area contributed by atoms with Crippen LogP contribution in [0.25, 0.3) is 17.2 Å². The summed E-state index contributed by atoms with van der Waals surface area (Å²) in [5.74, 6) is -0.0624. The van der Waals surface area contributed by atoms with Gasteiger partial charge < -0.3 is 5.11 Å². The Labute approximate surface area is 102 Å². The van der Waals surface area contributed by atoms with Gasteiger partial charge in [0, 0.05) is 5.56 Å². The van der Waals surface area contributed by atoms with E-state index in [0.717, 1.165) is 5.56 Å². The Bertz CT molecular complexity index is 727. The summed E-state index contributed by atoms with van der Waals surface area (Å²) in [5, 5.41) is 12.1. The van der Waals surface area contributed by atoms with Gasteiger partial charge in [-0.2, -0.15) is 4.98 Å². The van der Waals surface area contributed by atoms with Gasteiger partial charge in [-0.15, -0.1) is 0 Å².